The largest absolute Gasteiger partial charge is 0.508 e. The first kappa shape index (κ1) is 13.2. The number of benzene rings is 2. The van der Waals surface area contributed by atoms with Crippen LogP contribution < -0.4 is 0 Å². The molecule has 1 aliphatic rings. The Kier molecular flexibility index (Phi) is 3.75. The molecule has 0 spiro atoms. The van der Waals surface area contributed by atoms with Crippen LogP contribution in [0.25, 0.3) is 0 Å². The van der Waals surface area contributed by atoms with E-state index in [1.54, 1.807) is 6.07 Å². The van der Waals surface area contributed by atoms with Crippen LogP contribution in [-0.2, 0) is 19.4 Å². The zero-order valence-corrected chi connectivity index (χ0v) is 12.0. The molecule has 0 saturated heterocycles. The van der Waals surface area contributed by atoms with Crippen LogP contribution in [0.3, 0.4) is 0 Å². The minimum absolute atomic E-state index is 0.385. The van der Waals surface area contributed by atoms with Gasteiger partial charge in [0, 0.05) is 19.6 Å². The Balaban J connectivity index is 1.72. The van der Waals surface area contributed by atoms with Crippen molar-refractivity contribution in [3.63, 3.8) is 0 Å². The first-order chi connectivity index (χ1) is 9.72. The third kappa shape index (κ3) is 2.86. The summed E-state index contributed by atoms with van der Waals surface area (Å²) in [5.74, 6) is 0.385. The molecule has 2 aromatic carbocycles. The van der Waals surface area contributed by atoms with Gasteiger partial charge < -0.3 is 5.11 Å². The highest BCUT2D eigenvalue weighted by Gasteiger charge is 2.15. The maximum absolute atomic E-state index is 9.60. The molecule has 2 nitrogen and oxygen atoms in total. The molecule has 0 fully saturated rings. The Labute approximate surface area is 120 Å². The lowest BCUT2D eigenvalue weighted by atomic mass is 10.0. The summed E-state index contributed by atoms with van der Waals surface area (Å²) >= 11 is 0. The van der Waals surface area contributed by atoms with Gasteiger partial charge in [-0.25, -0.2) is 0 Å². The lowest BCUT2D eigenvalue weighted by molar-refractivity contribution is 0.279. The lowest BCUT2D eigenvalue weighted by Crippen LogP contribution is -2.26. The Bertz CT molecular complexity index is 606. The van der Waals surface area contributed by atoms with Crippen LogP contribution in [0.1, 0.15) is 22.3 Å². The van der Waals surface area contributed by atoms with Crippen LogP contribution in [0.15, 0.2) is 42.5 Å². The zero-order valence-electron chi connectivity index (χ0n) is 12.0. The van der Waals surface area contributed by atoms with Crippen LogP contribution in [0, 0.1) is 6.92 Å². The average Bonchev–Trinajstić information content (AvgIpc) is 2.64. The van der Waals surface area contributed by atoms with Gasteiger partial charge in [-0.1, -0.05) is 30.3 Å². The number of hydrogen-bond acceptors (Lipinski definition) is 2. The maximum Gasteiger partial charge on any atom is 0.115 e. The highest BCUT2D eigenvalue weighted by molar-refractivity contribution is 5.36. The van der Waals surface area contributed by atoms with E-state index in [9.17, 15) is 5.11 Å². The Morgan fingerprint density at radius 2 is 1.75 bits per heavy atom. The first-order valence-corrected chi connectivity index (χ1v) is 7.30. The molecule has 2 aromatic rings. The van der Waals surface area contributed by atoms with E-state index >= 15 is 0 Å². The number of aryl methyl sites for hydroxylation is 1. The number of phenolic OH excluding ortho intramolecular Hbond substituents is 1. The van der Waals surface area contributed by atoms with E-state index in [0.29, 0.717) is 5.75 Å². The van der Waals surface area contributed by atoms with E-state index in [4.69, 9.17) is 0 Å². The van der Waals surface area contributed by atoms with Crippen LogP contribution in [-0.4, -0.2) is 23.1 Å². The predicted octanol–water partition coefficient (Wildman–Crippen LogP) is 3.30. The molecular weight excluding hydrogens is 246 g/mol. The number of phenols is 1. The van der Waals surface area contributed by atoms with Crippen molar-refractivity contribution >= 4 is 0 Å². The zero-order chi connectivity index (χ0) is 13.9. The molecule has 1 heterocycles. The van der Waals surface area contributed by atoms with Crippen molar-refractivity contribution in [2.75, 3.05) is 13.1 Å². The second kappa shape index (κ2) is 5.68. The molecule has 0 aliphatic carbocycles. The first-order valence-electron chi connectivity index (χ1n) is 7.30. The second-order valence-electron chi connectivity index (χ2n) is 5.66. The van der Waals surface area contributed by atoms with Crippen molar-refractivity contribution in [1.29, 1.82) is 0 Å². The fraction of sp³-hybridized carbons (Fsp3) is 0.333. The summed E-state index contributed by atoms with van der Waals surface area (Å²) in [5.41, 5.74) is 5.47. The van der Waals surface area contributed by atoms with Crippen molar-refractivity contribution < 1.29 is 5.11 Å². The minimum atomic E-state index is 0.385. The van der Waals surface area contributed by atoms with E-state index < -0.39 is 0 Å². The van der Waals surface area contributed by atoms with Gasteiger partial charge in [0.2, 0.25) is 0 Å². The van der Waals surface area contributed by atoms with Crippen LogP contribution in [0.5, 0.6) is 5.75 Å². The number of fused-ring (bicyclic) bond motifs is 1. The molecule has 2 heteroatoms. The van der Waals surface area contributed by atoms with E-state index in [2.05, 4.69) is 42.2 Å². The van der Waals surface area contributed by atoms with Crippen molar-refractivity contribution in [2.45, 2.75) is 26.3 Å². The Morgan fingerprint density at radius 3 is 2.55 bits per heavy atom. The SMILES string of the molecule is Cc1ccccc1CN1CCc2ccc(O)cc2CC1. The van der Waals surface area contributed by atoms with Crippen LogP contribution >= 0.6 is 0 Å². The molecule has 0 unspecified atom stereocenters. The standard InChI is InChI=1S/C18H21NO/c1-14-4-2-3-5-17(14)13-19-10-8-15-6-7-18(20)12-16(15)9-11-19/h2-7,12,20H,8-11,13H2,1H3. The van der Waals surface area contributed by atoms with E-state index in [0.717, 1.165) is 32.5 Å². The van der Waals surface area contributed by atoms with Crippen molar-refractivity contribution in [1.82, 2.24) is 4.90 Å². The third-order valence-corrected chi connectivity index (χ3v) is 4.24. The summed E-state index contributed by atoms with van der Waals surface area (Å²) in [6.45, 7) is 5.35. The monoisotopic (exact) mass is 267 g/mol. The van der Waals surface area contributed by atoms with Gasteiger partial charge in [0.15, 0.2) is 0 Å². The van der Waals surface area contributed by atoms with Crippen molar-refractivity contribution in [3.8, 4) is 5.75 Å². The number of nitrogens with zero attached hydrogens (tertiary/aromatic N) is 1. The minimum Gasteiger partial charge on any atom is -0.508 e. The summed E-state index contributed by atoms with van der Waals surface area (Å²) in [4.78, 5) is 2.51. The summed E-state index contributed by atoms with van der Waals surface area (Å²) in [5, 5.41) is 9.60. The molecule has 3 rings (SSSR count). The normalized spacial score (nSPS) is 15.7. The second-order valence-corrected chi connectivity index (χ2v) is 5.66. The van der Waals surface area contributed by atoms with Gasteiger partial charge in [0.05, 0.1) is 0 Å². The maximum atomic E-state index is 9.60. The topological polar surface area (TPSA) is 23.5 Å². The molecule has 104 valence electrons. The molecule has 1 N–H and O–H groups in total. The summed E-state index contributed by atoms with van der Waals surface area (Å²) in [7, 11) is 0. The molecular formula is C18H21NO. The molecule has 0 saturated carbocycles. The molecule has 0 aromatic heterocycles. The summed E-state index contributed by atoms with van der Waals surface area (Å²) < 4.78 is 0. The van der Waals surface area contributed by atoms with Gasteiger partial charge in [-0.3, -0.25) is 4.90 Å². The number of hydrogen-bond donors (Lipinski definition) is 1. The van der Waals surface area contributed by atoms with Gasteiger partial charge in [0.1, 0.15) is 5.75 Å². The smallest absolute Gasteiger partial charge is 0.115 e. The fourth-order valence-electron chi connectivity index (χ4n) is 2.94. The predicted molar refractivity (Wildman–Crippen MR) is 82.0 cm³/mol. The Morgan fingerprint density at radius 1 is 1.00 bits per heavy atom. The molecule has 0 atom stereocenters. The van der Waals surface area contributed by atoms with Gasteiger partial charge >= 0.3 is 0 Å². The van der Waals surface area contributed by atoms with E-state index in [1.165, 1.54) is 22.3 Å². The van der Waals surface area contributed by atoms with Gasteiger partial charge in [-0.2, -0.15) is 0 Å². The van der Waals surface area contributed by atoms with Gasteiger partial charge in [-0.05, 0) is 54.2 Å². The number of rotatable bonds is 2. The highest BCUT2D eigenvalue weighted by atomic mass is 16.3. The summed E-state index contributed by atoms with van der Waals surface area (Å²) in [6.07, 6.45) is 2.09. The summed E-state index contributed by atoms with van der Waals surface area (Å²) in [6, 6.07) is 14.4. The molecule has 0 bridgehead atoms. The lowest BCUT2D eigenvalue weighted by Gasteiger charge is -2.20. The van der Waals surface area contributed by atoms with Crippen molar-refractivity contribution in [3.05, 3.63) is 64.7 Å². The molecule has 20 heavy (non-hydrogen) atoms. The quantitative estimate of drug-likeness (QED) is 0.902. The van der Waals surface area contributed by atoms with Gasteiger partial charge in [-0.15, -0.1) is 0 Å². The van der Waals surface area contributed by atoms with Gasteiger partial charge in [0.25, 0.3) is 0 Å². The Hall–Kier alpha value is -1.80. The van der Waals surface area contributed by atoms with Crippen molar-refractivity contribution in [2.24, 2.45) is 0 Å². The molecule has 0 radical (unpaired) electrons. The van der Waals surface area contributed by atoms with E-state index in [-0.39, 0.29) is 0 Å². The van der Waals surface area contributed by atoms with E-state index in [1.807, 2.05) is 6.07 Å². The van der Waals surface area contributed by atoms with Crippen LogP contribution in [0.2, 0.25) is 0 Å². The average molecular weight is 267 g/mol. The molecule has 1 aliphatic heterocycles. The number of aromatic hydroxyl groups is 1. The fourth-order valence-corrected chi connectivity index (χ4v) is 2.94. The van der Waals surface area contributed by atoms with Crippen LogP contribution in [0.4, 0.5) is 0 Å². The molecule has 0 amide bonds. The highest BCUT2D eigenvalue weighted by Crippen LogP contribution is 2.22. The third-order valence-electron chi connectivity index (χ3n) is 4.24.